The summed E-state index contributed by atoms with van der Waals surface area (Å²) in [7, 11) is 2.05. The Bertz CT molecular complexity index is 313. The second-order valence-corrected chi connectivity index (χ2v) is 5.96. The summed E-state index contributed by atoms with van der Waals surface area (Å²) in [5, 5.41) is 4.23. The number of nitrogens with one attached hydrogen (secondary N) is 1. The standard InChI is InChI=1S/C14H22ClNS/c1-4-5-11(2)14(16-3)10-17-13-8-6-12(15)7-9-13/h6-9,11,14,16H,4-5,10H2,1-3H3. The van der Waals surface area contributed by atoms with Crippen molar-refractivity contribution in [1.29, 1.82) is 0 Å². The van der Waals surface area contributed by atoms with Crippen LogP contribution in [0, 0.1) is 5.92 Å². The van der Waals surface area contributed by atoms with Crippen molar-refractivity contribution in [3.05, 3.63) is 29.3 Å². The van der Waals surface area contributed by atoms with Gasteiger partial charge in [-0.3, -0.25) is 0 Å². The van der Waals surface area contributed by atoms with Crippen LogP contribution in [0.25, 0.3) is 0 Å². The molecule has 2 unspecified atom stereocenters. The number of rotatable bonds is 7. The monoisotopic (exact) mass is 271 g/mol. The van der Waals surface area contributed by atoms with E-state index in [0.717, 1.165) is 16.7 Å². The van der Waals surface area contributed by atoms with E-state index in [2.05, 4.69) is 38.3 Å². The van der Waals surface area contributed by atoms with Crippen LogP contribution in [0.5, 0.6) is 0 Å². The topological polar surface area (TPSA) is 12.0 Å². The molecule has 1 rings (SSSR count). The second-order valence-electron chi connectivity index (χ2n) is 4.43. The van der Waals surface area contributed by atoms with Gasteiger partial charge >= 0.3 is 0 Å². The van der Waals surface area contributed by atoms with Crippen LogP contribution in [0.1, 0.15) is 26.7 Å². The van der Waals surface area contributed by atoms with E-state index in [4.69, 9.17) is 11.6 Å². The third-order valence-corrected chi connectivity index (χ3v) is 4.43. The van der Waals surface area contributed by atoms with E-state index in [1.165, 1.54) is 17.7 Å². The molecular formula is C14H22ClNS. The highest BCUT2D eigenvalue weighted by atomic mass is 35.5. The van der Waals surface area contributed by atoms with Crippen LogP contribution in [-0.4, -0.2) is 18.8 Å². The van der Waals surface area contributed by atoms with E-state index < -0.39 is 0 Å². The SMILES string of the molecule is CCCC(C)C(CSc1ccc(Cl)cc1)NC. The summed E-state index contributed by atoms with van der Waals surface area (Å²) < 4.78 is 0. The molecule has 0 aliphatic heterocycles. The molecule has 96 valence electrons. The quantitative estimate of drug-likeness (QED) is 0.735. The molecule has 1 aromatic rings. The van der Waals surface area contributed by atoms with E-state index >= 15 is 0 Å². The molecule has 2 atom stereocenters. The molecule has 1 N–H and O–H groups in total. The van der Waals surface area contributed by atoms with Gasteiger partial charge in [0, 0.05) is 21.7 Å². The maximum absolute atomic E-state index is 5.87. The van der Waals surface area contributed by atoms with Gasteiger partial charge in [-0.25, -0.2) is 0 Å². The predicted molar refractivity (Wildman–Crippen MR) is 79.1 cm³/mol. The molecule has 0 saturated heterocycles. The van der Waals surface area contributed by atoms with Gasteiger partial charge in [-0.15, -0.1) is 11.8 Å². The summed E-state index contributed by atoms with van der Waals surface area (Å²) in [6.45, 7) is 4.57. The van der Waals surface area contributed by atoms with Crippen LogP contribution in [0.4, 0.5) is 0 Å². The van der Waals surface area contributed by atoms with Crippen LogP contribution in [-0.2, 0) is 0 Å². The Kier molecular flexibility index (Phi) is 7.02. The number of hydrogen-bond acceptors (Lipinski definition) is 2. The molecule has 1 nitrogen and oxygen atoms in total. The smallest absolute Gasteiger partial charge is 0.0406 e. The molecule has 0 bridgehead atoms. The lowest BCUT2D eigenvalue weighted by Gasteiger charge is -2.22. The van der Waals surface area contributed by atoms with Crippen molar-refractivity contribution < 1.29 is 0 Å². The zero-order valence-corrected chi connectivity index (χ0v) is 12.4. The maximum atomic E-state index is 5.87. The van der Waals surface area contributed by atoms with Gasteiger partial charge < -0.3 is 5.32 Å². The lowest BCUT2D eigenvalue weighted by atomic mass is 9.98. The summed E-state index contributed by atoms with van der Waals surface area (Å²) >= 11 is 7.77. The molecule has 0 amide bonds. The van der Waals surface area contributed by atoms with E-state index in [1.807, 2.05) is 23.9 Å². The van der Waals surface area contributed by atoms with Gasteiger partial charge in [-0.05, 0) is 43.7 Å². The third-order valence-electron chi connectivity index (χ3n) is 3.04. The molecule has 0 saturated carbocycles. The predicted octanol–water partition coefficient (Wildman–Crippen LogP) is 4.46. The first kappa shape index (κ1) is 14.9. The zero-order chi connectivity index (χ0) is 12.7. The molecule has 0 radical (unpaired) electrons. The summed E-state index contributed by atoms with van der Waals surface area (Å²) in [4.78, 5) is 1.29. The summed E-state index contributed by atoms with van der Waals surface area (Å²) in [6.07, 6.45) is 2.54. The third kappa shape index (κ3) is 5.33. The van der Waals surface area contributed by atoms with Gasteiger partial charge in [0.05, 0.1) is 0 Å². The normalized spacial score (nSPS) is 14.6. The first-order valence-corrected chi connectivity index (χ1v) is 7.59. The van der Waals surface area contributed by atoms with Crippen molar-refractivity contribution >= 4 is 23.4 Å². The van der Waals surface area contributed by atoms with Crippen LogP contribution >= 0.6 is 23.4 Å². The van der Waals surface area contributed by atoms with E-state index in [-0.39, 0.29) is 0 Å². The average Bonchev–Trinajstić information content (AvgIpc) is 2.32. The molecule has 0 heterocycles. The second kappa shape index (κ2) is 8.02. The van der Waals surface area contributed by atoms with Crippen LogP contribution in [0.2, 0.25) is 5.02 Å². The molecule has 0 spiro atoms. The minimum absolute atomic E-state index is 0.579. The maximum Gasteiger partial charge on any atom is 0.0406 e. The van der Waals surface area contributed by atoms with Crippen molar-refractivity contribution in [2.24, 2.45) is 5.92 Å². The van der Waals surface area contributed by atoms with Crippen molar-refractivity contribution in [2.75, 3.05) is 12.8 Å². The molecule has 1 aromatic carbocycles. The Morgan fingerprint density at radius 2 is 1.94 bits per heavy atom. The van der Waals surface area contributed by atoms with Gasteiger partial charge in [0.15, 0.2) is 0 Å². The van der Waals surface area contributed by atoms with Gasteiger partial charge in [0.1, 0.15) is 0 Å². The Morgan fingerprint density at radius 3 is 2.47 bits per heavy atom. The minimum Gasteiger partial charge on any atom is -0.316 e. The fourth-order valence-electron chi connectivity index (χ4n) is 1.91. The van der Waals surface area contributed by atoms with E-state index in [0.29, 0.717) is 6.04 Å². The van der Waals surface area contributed by atoms with Gasteiger partial charge in [-0.1, -0.05) is 31.9 Å². The Labute approximate surface area is 114 Å². The lowest BCUT2D eigenvalue weighted by Crippen LogP contribution is -2.34. The van der Waals surface area contributed by atoms with Crippen molar-refractivity contribution in [2.45, 2.75) is 37.6 Å². The Hall–Kier alpha value is -0.180. The van der Waals surface area contributed by atoms with Gasteiger partial charge in [-0.2, -0.15) is 0 Å². The highest BCUT2D eigenvalue weighted by Gasteiger charge is 2.14. The first-order valence-electron chi connectivity index (χ1n) is 6.23. The molecule has 0 aromatic heterocycles. The van der Waals surface area contributed by atoms with Gasteiger partial charge in [0.25, 0.3) is 0 Å². The largest absolute Gasteiger partial charge is 0.316 e. The Balaban J connectivity index is 2.44. The summed E-state index contributed by atoms with van der Waals surface area (Å²) in [5.74, 6) is 1.84. The fraction of sp³-hybridized carbons (Fsp3) is 0.571. The molecule has 3 heteroatoms. The molecule has 17 heavy (non-hydrogen) atoms. The highest BCUT2D eigenvalue weighted by Crippen LogP contribution is 2.23. The number of thioether (sulfide) groups is 1. The molecule has 0 aliphatic rings. The molecule has 0 aliphatic carbocycles. The van der Waals surface area contributed by atoms with Crippen LogP contribution in [0.3, 0.4) is 0 Å². The molecular weight excluding hydrogens is 250 g/mol. The summed E-state index contributed by atoms with van der Waals surface area (Å²) in [5.41, 5.74) is 0. The van der Waals surface area contributed by atoms with E-state index in [9.17, 15) is 0 Å². The zero-order valence-electron chi connectivity index (χ0n) is 10.9. The van der Waals surface area contributed by atoms with Gasteiger partial charge in [0.2, 0.25) is 0 Å². The van der Waals surface area contributed by atoms with E-state index in [1.54, 1.807) is 0 Å². The highest BCUT2D eigenvalue weighted by molar-refractivity contribution is 7.99. The number of hydrogen-bond donors (Lipinski definition) is 1. The van der Waals surface area contributed by atoms with Crippen LogP contribution < -0.4 is 5.32 Å². The minimum atomic E-state index is 0.579. The van der Waals surface area contributed by atoms with Crippen LogP contribution in [0.15, 0.2) is 29.2 Å². The van der Waals surface area contributed by atoms with Crippen molar-refractivity contribution in [3.63, 3.8) is 0 Å². The first-order chi connectivity index (χ1) is 8.17. The fourth-order valence-corrected chi connectivity index (χ4v) is 3.23. The number of benzene rings is 1. The summed E-state index contributed by atoms with van der Waals surface area (Å²) in [6, 6.07) is 8.66. The number of halogens is 1. The molecule has 0 fully saturated rings. The average molecular weight is 272 g/mol. The van der Waals surface area contributed by atoms with Crippen molar-refractivity contribution in [3.8, 4) is 0 Å². The Morgan fingerprint density at radius 1 is 1.29 bits per heavy atom. The van der Waals surface area contributed by atoms with Crippen molar-refractivity contribution in [1.82, 2.24) is 5.32 Å². The lowest BCUT2D eigenvalue weighted by molar-refractivity contribution is 0.403.